The Morgan fingerprint density at radius 1 is 1.44 bits per heavy atom. The van der Waals surface area contributed by atoms with Gasteiger partial charge in [0.25, 0.3) is 0 Å². The number of nitrogens with zero attached hydrogens (tertiary/aromatic N) is 1. The van der Waals surface area contributed by atoms with Crippen LogP contribution in [0.2, 0.25) is 0 Å². The van der Waals surface area contributed by atoms with Crippen molar-refractivity contribution in [3.8, 4) is 0 Å². The molecule has 1 aromatic rings. The van der Waals surface area contributed by atoms with E-state index in [0.717, 1.165) is 22.9 Å². The third-order valence-electron chi connectivity index (χ3n) is 4.10. The summed E-state index contributed by atoms with van der Waals surface area (Å²) in [4.78, 5) is 2.09. The third-order valence-corrected chi connectivity index (χ3v) is 4.60. The van der Waals surface area contributed by atoms with Crippen molar-refractivity contribution in [1.82, 2.24) is 4.90 Å². The zero-order valence-electron chi connectivity index (χ0n) is 10.9. The van der Waals surface area contributed by atoms with Gasteiger partial charge in [0.15, 0.2) is 0 Å². The van der Waals surface area contributed by atoms with E-state index in [0.29, 0.717) is 6.54 Å². The molecule has 0 spiro atoms. The molecule has 0 heterocycles. The van der Waals surface area contributed by atoms with Crippen molar-refractivity contribution in [2.24, 2.45) is 11.1 Å². The Bertz CT molecular complexity index is 424. The average Bonchev–Trinajstić information content (AvgIpc) is 2.26. The molecule has 1 aliphatic carbocycles. The lowest BCUT2D eigenvalue weighted by molar-refractivity contribution is 0.0261. The fraction of sp³-hybridized carbons (Fsp3) is 0.571. The molecule has 0 saturated heterocycles. The maximum Gasteiger partial charge on any atom is 0.128 e. The summed E-state index contributed by atoms with van der Waals surface area (Å²) >= 11 is 3.43. The topological polar surface area (TPSA) is 29.3 Å². The lowest BCUT2D eigenvalue weighted by atomic mass is 9.62. The zero-order chi connectivity index (χ0) is 13.3. The SMILES string of the molecule is CN(C)C(c1cc(Br)ccc1F)C1(CN)CCC1. The fourth-order valence-electron chi connectivity index (χ4n) is 3.10. The number of benzene rings is 1. The molecule has 0 aliphatic heterocycles. The van der Waals surface area contributed by atoms with E-state index >= 15 is 0 Å². The Balaban J connectivity index is 2.44. The van der Waals surface area contributed by atoms with Gasteiger partial charge >= 0.3 is 0 Å². The second-order valence-corrected chi connectivity index (χ2v) is 6.37. The second kappa shape index (κ2) is 5.27. The standard InChI is InChI=1S/C14H20BrFN2/c1-18(2)13(14(9-17)6-3-7-14)11-8-10(15)4-5-12(11)16/h4-5,8,13H,3,6-7,9,17H2,1-2H3. The fourth-order valence-corrected chi connectivity index (χ4v) is 3.48. The Hall–Kier alpha value is -0.450. The summed E-state index contributed by atoms with van der Waals surface area (Å²) in [5, 5.41) is 0. The van der Waals surface area contributed by atoms with E-state index < -0.39 is 0 Å². The summed E-state index contributed by atoms with van der Waals surface area (Å²) in [7, 11) is 4.00. The van der Waals surface area contributed by atoms with Crippen LogP contribution in [0.25, 0.3) is 0 Å². The van der Waals surface area contributed by atoms with Crippen molar-refractivity contribution < 1.29 is 4.39 Å². The molecule has 18 heavy (non-hydrogen) atoms. The normalized spacial score (nSPS) is 19.7. The zero-order valence-corrected chi connectivity index (χ0v) is 12.5. The van der Waals surface area contributed by atoms with Gasteiger partial charge in [-0.3, -0.25) is 0 Å². The number of rotatable bonds is 4. The van der Waals surface area contributed by atoms with Gasteiger partial charge in [0.05, 0.1) is 0 Å². The van der Waals surface area contributed by atoms with Crippen LogP contribution in [0.3, 0.4) is 0 Å². The van der Waals surface area contributed by atoms with Crippen LogP contribution in [0.5, 0.6) is 0 Å². The number of hydrogen-bond acceptors (Lipinski definition) is 2. The van der Waals surface area contributed by atoms with Crippen molar-refractivity contribution in [1.29, 1.82) is 0 Å². The summed E-state index contributed by atoms with van der Waals surface area (Å²) < 4.78 is 15.0. The molecule has 2 N–H and O–H groups in total. The van der Waals surface area contributed by atoms with Crippen molar-refractivity contribution in [2.45, 2.75) is 25.3 Å². The molecule has 100 valence electrons. The molecule has 1 atom stereocenters. The molecule has 1 aliphatic rings. The van der Waals surface area contributed by atoms with Gasteiger partial charge in [-0.05, 0) is 51.7 Å². The lowest BCUT2D eigenvalue weighted by Gasteiger charge is -2.50. The Labute approximate surface area is 116 Å². The molecule has 1 saturated carbocycles. The molecule has 0 radical (unpaired) electrons. The van der Waals surface area contributed by atoms with Crippen LogP contribution >= 0.6 is 15.9 Å². The summed E-state index contributed by atoms with van der Waals surface area (Å²) in [6.45, 7) is 0.613. The van der Waals surface area contributed by atoms with Crippen molar-refractivity contribution in [3.63, 3.8) is 0 Å². The molecule has 0 amide bonds. The molecule has 1 aromatic carbocycles. The van der Waals surface area contributed by atoms with E-state index in [4.69, 9.17) is 5.73 Å². The van der Waals surface area contributed by atoms with Gasteiger partial charge in [-0.15, -0.1) is 0 Å². The maximum atomic E-state index is 14.1. The number of nitrogens with two attached hydrogens (primary N) is 1. The van der Waals surface area contributed by atoms with Crippen LogP contribution < -0.4 is 5.73 Å². The number of halogens is 2. The monoisotopic (exact) mass is 314 g/mol. The minimum absolute atomic E-state index is 0.0329. The van der Waals surface area contributed by atoms with E-state index in [2.05, 4.69) is 20.8 Å². The smallest absolute Gasteiger partial charge is 0.128 e. The molecule has 0 aromatic heterocycles. The van der Waals surface area contributed by atoms with Crippen LogP contribution in [0.4, 0.5) is 4.39 Å². The predicted octanol–water partition coefficient (Wildman–Crippen LogP) is 3.32. The number of hydrogen-bond donors (Lipinski definition) is 1. The molecule has 1 unspecified atom stereocenters. The minimum atomic E-state index is -0.142. The van der Waals surface area contributed by atoms with Crippen LogP contribution in [0, 0.1) is 11.2 Å². The van der Waals surface area contributed by atoms with E-state index in [9.17, 15) is 4.39 Å². The highest BCUT2D eigenvalue weighted by Gasteiger charge is 2.45. The quantitative estimate of drug-likeness (QED) is 0.923. The molecule has 4 heteroatoms. The highest BCUT2D eigenvalue weighted by molar-refractivity contribution is 9.10. The van der Waals surface area contributed by atoms with Gasteiger partial charge in [-0.25, -0.2) is 4.39 Å². The highest BCUT2D eigenvalue weighted by atomic mass is 79.9. The van der Waals surface area contributed by atoms with Crippen molar-refractivity contribution in [3.05, 3.63) is 34.1 Å². The van der Waals surface area contributed by atoms with Crippen LogP contribution in [-0.4, -0.2) is 25.5 Å². The molecular weight excluding hydrogens is 295 g/mol. The Kier molecular flexibility index (Phi) is 4.09. The van der Waals surface area contributed by atoms with Gasteiger partial charge in [0, 0.05) is 21.5 Å². The maximum absolute atomic E-state index is 14.1. The van der Waals surface area contributed by atoms with E-state index in [1.165, 1.54) is 12.5 Å². The van der Waals surface area contributed by atoms with E-state index in [1.54, 1.807) is 6.07 Å². The predicted molar refractivity (Wildman–Crippen MR) is 75.9 cm³/mol. The van der Waals surface area contributed by atoms with Gasteiger partial charge < -0.3 is 10.6 Å². The first-order chi connectivity index (χ1) is 8.50. The summed E-state index contributed by atoms with van der Waals surface area (Å²) in [5.74, 6) is -0.142. The summed E-state index contributed by atoms with van der Waals surface area (Å²) in [5.41, 5.74) is 6.75. The second-order valence-electron chi connectivity index (χ2n) is 5.45. The molecule has 1 fully saturated rings. The molecular formula is C14H20BrFN2. The lowest BCUT2D eigenvalue weighted by Crippen LogP contribution is -2.47. The Morgan fingerprint density at radius 2 is 2.11 bits per heavy atom. The van der Waals surface area contributed by atoms with Crippen LogP contribution in [0.1, 0.15) is 30.9 Å². The highest BCUT2D eigenvalue weighted by Crippen LogP contribution is 2.52. The first kappa shape index (κ1) is 14.0. The van der Waals surface area contributed by atoms with Crippen molar-refractivity contribution in [2.75, 3.05) is 20.6 Å². The van der Waals surface area contributed by atoms with Gasteiger partial charge in [0.2, 0.25) is 0 Å². The first-order valence-corrected chi connectivity index (χ1v) is 7.11. The van der Waals surface area contributed by atoms with Gasteiger partial charge in [-0.1, -0.05) is 22.4 Å². The molecule has 2 nitrogen and oxygen atoms in total. The molecule has 2 rings (SSSR count). The summed E-state index contributed by atoms with van der Waals surface area (Å²) in [6, 6.07) is 5.20. The summed E-state index contributed by atoms with van der Waals surface area (Å²) in [6.07, 6.45) is 3.35. The Morgan fingerprint density at radius 3 is 2.56 bits per heavy atom. The van der Waals surface area contributed by atoms with Crippen LogP contribution in [0.15, 0.2) is 22.7 Å². The van der Waals surface area contributed by atoms with Crippen LogP contribution in [-0.2, 0) is 0 Å². The van der Waals surface area contributed by atoms with E-state index in [1.807, 2.05) is 20.2 Å². The molecule has 0 bridgehead atoms. The van der Waals surface area contributed by atoms with E-state index in [-0.39, 0.29) is 17.3 Å². The van der Waals surface area contributed by atoms with Gasteiger partial charge in [0.1, 0.15) is 5.82 Å². The third kappa shape index (κ3) is 2.33. The average molecular weight is 315 g/mol. The van der Waals surface area contributed by atoms with Gasteiger partial charge in [-0.2, -0.15) is 0 Å². The van der Waals surface area contributed by atoms with Crippen molar-refractivity contribution >= 4 is 15.9 Å². The minimum Gasteiger partial charge on any atom is -0.330 e. The largest absolute Gasteiger partial charge is 0.330 e. The first-order valence-electron chi connectivity index (χ1n) is 6.31.